The molecule has 5 aromatic rings. The minimum atomic E-state index is -0.213. The van der Waals surface area contributed by atoms with Crippen molar-refractivity contribution in [3.63, 3.8) is 0 Å². The van der Waals surface area contributed by atoms with E-state index in [0.717, 1.165) is 56.8 Å². The number of aryl methyl sites for hydroxylation is 2. The smallest absolute Gasteiger partial charge is 0.179 e. The molecule has 6 nitrogen and oxygen atoms in total. The normalized spacial score (nSPS) is 15.6. The SMILES string of the molecule is Cc1cccc(NC2=Nc3ccccc3N3C2=Nc2c(c(C)nn2-c2ccccc2)C3c2cccc(Cl)c2)c1. The molecule has 2 aliphatic heterocycles. The van der Waals surface area contributed by atoms with Crippen molar-refractivity contribution in [3.05, 3.63) is 131 Å². The van der Waals surface area contributed by atoms with Gasteiger partial charge in [-0.15, -0.1) is 0 Å². The number of para-hydroxylation sites is 3. The topological polar surface area (TPSA) is 57.8 Å². The molecule has 0 fully saturated rings. The van der Waals surface area contributed by atoms with E-state index in [1.165, 1.54) is 0 Å². The summed E-state index contributed by atoms with van der Waals surface area (Å²) in [4.78, 5) is 12.6. The summed E-state index contributed by atoms with van der Waals surface area (Å²) in [6.45, 7) is 4.13. The molecule has 1 unspecified atom stereocenters. The quantitative estimate of drug-likeness (QED) is 0.258. The number of rotatable bonds is 3. The highest BCUT2D eigenvalue weighted by Crippen LogP contribution is 2.48. The highest BCUT2D eigenvalue weighted by molar-refractivity contribution is 6.51. The van der Waals surface area contributed by atoms with Crippen molar-refractivity contribution in [2.75, 3.05) is 10.2 Å². The number of halogens is 1. The summed E-state index contributed by atoms with van der Waals surface area (Å²) in [5.74, 6) is 2.19. The Bertz CT molecular complexity index is 1790. The zero-order valence-corrected chi connectivity index (χ0v) is 22.3. The molecule has 2 aliphatic rings. The molecule has 1 atom stereocenters. The molecule has 0 bridgehead atoms. The van der Waals surface area contributed by atoms with Crippen LogP contribution in [-0.4, -0.2) is 21.5 Å². The fourth-order valence-electron chi connectivity index (χ4n) is 5.40. The van der Waals surface area contributed by atoms with E-state index in [-0.39, 0.29) is 6.04 Å². The minimum Gasteiger partial charge on any atom is -0.337 e. The lowest BCUT2D eigenvalue weighted by molar-refractivity contribution is 0.815. The molecule has 0 saturated carbocycles. The molecule has 1 aromatic heterocycles. The Hall–Kier alpha value is -4.68. The molecule has 7 rings (SSSR count). The monoisotopic (exact) mass is 528 g/mol. The van der Waals surface area contributed by atoms with E-state index >= 15 is 0 Å². The maximum Gasteiger partial charge on any atom is 0.179 e. The van der Waals surface area contributed by atoms with Crippen molar-refractivity contribution in [1.29, 1.82) is 0 Å². The van der Waals surface area contributed by atoms with Gasteiger partial charge < -0.3 is 10.2 Å². The Labute approximate surface area is 231 Å². The van der Waals surface area contributed by atoms with Crippen molar-refractivity contribution in [1.82, 2.24) is 9.78 Å². The number of aromatic nitrogens is 2. The lowest BCUT2D eigenvalue weighted by Gasteiger charge is -2.40. The number of anilines is 2. The molecule has 0 spiro atoms. The zero-order valence-electron chi connectivity index (χ0n) is 21.5. The molecule has 3 heterocycles. The van der Waals surface area contributed by atoms with E-state index in [0.29, 0.717) is 10.9 Å². The van der Waals surface area contributed by atoms with Crippen LogP contribution >= 0.6 is 11.6 Å². The predicted octanol–water partition coefficient (Wildman–Crippen LogP) is 7.94. The van der Waals surface area contributed by atoms with Crippen LogP contribution < -0.4 is 10.2 Å². The van der Waals surface area contributed by atoms with Crippen molar-refractivity contribution < 1.29 is 0 Å². The molecule has 190 valence electrons. The van der Waals surface area contributed by atoms with Crippen molar-refractivity contribution in [2.24, 2.45) is 9.98 Å². The Balaban J connectivity index is 1.51. The van der Waals surface area contributed by atoms with Gasteiger partial charge in [0.2, 0.25) is 0 Å². The second-order valence-electron chi connectivity index (χ2n) is 9.78. The molecular formula is C32H25ClN6. The van der Waals surface area contributed by atoms with Crippen molar-refractivity contribution >= 4 is 46.2 Å². The standard InChI is InChI=1S/C32H25ClN6/c1-20-10-8-13-24(18-20)34-30-32-36-31-28(21(2)37-39(31)25-14-4-3-5-15-25)29(22-11-9-12-23(33)19-22)38(32)27-17-7-6-16-26(27)35-30/h3-19,29H,1-2H3,(H,34,35). The summed E-state index contributed by atoms with van der Waals surface area (Å²) in [6.07, 6.45) is 0. The fourth-order valence-corrected chi connectivity index (χ4v) is 5.60. The van der Waals surface area contributed by atoms with E-state index in [2.05, 4.69) is 41.4 Å². The number of fused-ring (bicyclic) bond motifs is 4. The largest absolute Gasteiger partial charge is 0.337 e. The molecule has 4 aromatic carbocycles. The van der Waals surface area contributed by atoms with E-state index in [9.17, 15) is 0 Å². The van der Waals surface area contributed by atoms with Crippen molar-refractivity contribution in [2.45, 2.75) is 19.9 Å². The third-order valence-corrected chi connectivity index (χ3v) is 7.32. The van der Waals surface area contributed by atoms with E-state index < -0.39 is 0 Å². The number of nitrogens with one attached hydrogen (secondary N) is 1. The van der Waals surface area contributed by atoms with Crippen LogP contribution in [0.15, 0.2) is 113 Å². The van der Waals surface area contributed by atoms with Gasteiger partial charge in [0.15, 0.2) is 17.5 Å². The highest BCUT2D eigenvalue weighted by Gasteiger charge is 2.41. The first-order valence-electron chi connectivity index (χ1n) is 12.9. The number of benzene rings is 4. The zero-order chi connectivity index (χ0) is 26.5. The molecule has 1 N–H and O–H groups in total. The van der Waals surface area contributed by atoms with E-state index in [1.807, 2.05) is 90.5 Å². The van der Waals surface area contributed by atoms with Gasteiger partial charge in [-0.2, -0.15) is 5.10 Å². The molecule has 0 aliphatic carbocycles. The number of nitrogens with zero attached hydrogens (tertiary/aromatic N) is 5. The van der Waals surface area contributed by atoms with Gasteiger partial charge in [0.1, 0.15) is 0 Å². The summed E-state index contributed by atoms with van der Waals surface area (Å²) in [7, 11) is 0. The Morgan fingerprint density at radius 1 is 0.795 bits per heavy atom. The molecule has 0 radical (unpaired) electrons. The fraction of sp³-hybridized carbons (Fsp3) is 0.0938. The lowest BCUT2D eigenvalue weighted by Crippen LogP contribution is -2.46. The highest BCUT2D eigenvalue weighted by atomic mass is 35.5. The van der Waals surface area contributed by atoms with Crippen LogP contribution in [-0.2, 0) is 0 Å². The van der Waals surface area contributed by atoms with Gasteiger partial charge >= 0.3 is 0 Å². The average Bonchev–Trinajstić information content (AvgIpc) is 3.28. The Kier molecular flexibility index (Phi) is 5.56. The Morgan fingerprint density at radius 2 is 1.59 bits per heavy atom. The summed E-state index contributed by atoms with van der Waals surface area (Å²) in [5.41, 5.74) is 7.92. The van der Waals surface area contributed by atoms with Crippen LogP contribution in [0.2, 0.25) is 5.02 Å². The number of amidine groups is 2. The van der Waals surface area contributed by atoms with Crippen LogP contribution in [0.1, 0.15) is 28.4 Å². The van der Waals surface area contributed by atoms with Gasteiger partial charge in [0, 0.05) is 16.3 Å². The van der Waals surface area contributed by atoms with E-state index in [4.69, 9.17) is 26.7 Å². The third kappa shape index (κ3) is 4.01. The number of hydrogen-bond acceptors (Lipinski definition) is 5. The summed E-state index contributed by atoms with van der Waals surface area (Å²) in [6, 6.07) is 34.4. The average molecular weight is 529 g/mol. The molecule has 0 amide bonds. The first kappa shape index (κ1) is 23.4. The molecule has 7 heteroatoms. The van der Waals surface area contributed by atoms with Gasteiger partial charge in [-0.25, -0.2) is 14.7 Å². The molecule has 0 saturated heterocycles. The first-order chi connectivity index (χ1) is 19.1. The minimum absolute atomic E-state index is 0.213. The maximum absolute atomic E-state index is 6.55. The van der Waals surface area contributed by atoms with Crippen LogP contribution in [0.3, 0.4) is 0 Å². The summed E-state index contributed by atoms with van der Waals surface area (Å²) < 4.78 is 1.93. The number of hydrogen-bond donors (Lipinski definition) is 1. The predicted molar refractivity (Wildman–Crippen MR) is 160 cm³/mol. The van der Waals surface area contributed by atoms with Crippen LogP contribution in [0, 0.1) is 13.8 Å². The van der Waals surface area contributed by atoms with E-state index in [1.54, 1.807) is 0 Å². The second-order valence-corrected chi connectivity index (χ2v) is 10.2. The lowest BCUT2D eigenvalue weighted by atomic mass is 9.93. The van der Waals surface area contributed by atoms with Gasteiger partial charge in [0.25, 0.3) is 0 Å². The van der Waals surface area contributed by atoms with Gasteiger partial charge in [0.05, 0.1) is 28.8 Å². The molecular weight excluding hydrogens is 504 g/mol. The first-order valence-corrected chi connectivity index (χ1v) is 13.2. The number of aliphatic imine (C=N–C) groups is 2. The molecule has 39 heavy (non-hydrogen) atoms. The Morgan fingerprint density at radius 3 is 2.41 bits per heavy atom. The second kappa shape index (κ2) is 9.26. The van der Waals surface area contributed by atoms with Crippen molar-refractivity contribution in [3.8, 4) is 5.69 Å². The third-order valence-electron chi connectivity index (χ3n) is 7.08. The maximum atomic E-state index is 6.55. The summed E-state index contributed by atoms with van der Waals surface area (Å²) in [5, 5.41) is 9.23. The van der Waals surface area contributed by atoms with Gasteiger partial charge in [-0.1, -0.05) is 66.2 Å². The van der Waals surface area contributed by atoms with Gasteiger partial charge in [-0.05, 0) is 73.5 Å². The summed E-state index contributed by atoms with van der Waals surface area (Å²) >= 11 is 6.55. The van der Waals surface area contributed by atoms with Crippen LogP contribution in [0.5, 0.6) is 0 Å². The van der Waals surface area contributed by atoms with Gasteiger partial charge in [-0.3, -0.25) is 0 Å². The van der Waals surface area contributed by atoms with Crippen LogP contribution in [0.25, 0.3) is 5.69 Å². The van der Waals surface area contributed by atoms with Crippen LogP contribution in [0.4, 0.5) is 22.9 Å².